The van der Waals surface area contributed by atoms with Crippen LogP contribution in [-0.2, 0) is 18.4 Å². The molecule has 1 aliphatic carbocycles. The molecule has 13 nitrogen and oxygen atoms in total. The zero-order valence-electron chi connectivity index (χ0n) is 31.0. The molecule has 51 heavy (non-hydrogen) atoms. The molecule has 0 aromatic carbocycles. The molecule has 1 saturated carbocycles. The van der Waals surface area contributed by atoms with Crippen molar-refractivity contribution in [3.8, 4) is 0 Å². The van der Waals surface area contributed by atoms with E-state index in [0.29, 0.717) is 12.8 Å². The second-order valence-electron chi connectivity index (χ2n) is 14.0. The van der Waals surface area contributed by atoms with E-state index < -0.39 is 75.2 Å². The molecule has 14 heteroatoms. The quantitative estimate of drug-likeness (QED) is 0.0282. The average Bonchev–Trinajstić information content (AvgIpc) is 3.09. The first kappa shape index (κ1) is 47.8. The van der Waals surface area contributed by atoms with Crippen molar-refractivity contribution in [3.05, 3.63) is 24.3 Å². The fourth-order valence-corrected chi connectivity index (χ4v) is 6.96. The van der Waals surface area contributed by atoms with E-state index in [4.69, 9.17) is 9.05 Å². The Balaban J connectivity index is 2.69. The largest absolute Gasteiger partial charge is 0.472 e. The Morgan fingerprint density at radius 2 is 1.14 bits per heavy atom. The van der Waals surface area contributed by atoms with Gasteiger partial charge in [-0.3, -0.25) is 13.8 Å². The summed E-state index contributed by atoms with van der Waals surface area (Å²) >= 11 is 0. The monoisotopic (exact) mass is 751 g/mol. The third kappa shape index (κ3) is 21.3. The number of phosphoric ester groups is 1. The lowest BCUT2D eigenvalue weighted by atomic mass is 9.85. The summed E-state index contributed by atoms with van der Waals surface area (Å²) in [6.45, 7) is 3.63. The van der Waals surface area contributed by atoms with Crippen molar-refractivity contribution in [1.82, 2.24) is 5.32 Å². The van der Waals surface area contributed by atoms with Crippen LogP contribution in [0.5, 0.6) is 0 Å². The number of amides is 1. The molecule has 0 saturated heterocycles. The predicted octanol–water partition coefficient (Wildman–Crippen LogP) is 4.47. The zero-order chi connectivity index (χ0) is 38.1. The van der Waals surface area contributed by atoms with Gasteiger partial charge in [0.1, 0.15) is 36.6 Å². The molecule has 1 fully saturated rings. The number of carbonyl (C=O) groups is 1. The van der Waals surface area contributed by atoms with Gasteiger partial charge in [-0.15, -0.1) is 0 Å². The van der Waals surface area contributed by atoms with E-state index in [9.17, 15) is 50.0 Å². The number of phosphoric acid groups is 1. The molecule has 300 valence electrons. The molecule has 1 aliphatic rings. The standard InChI is InChI=1S/C37H70NO12P/c1-3-5-7-9-11-13-15-17-19-21-23-25-30(40)29(27-49-51(47,48)50-37-35(45)33(43)32(42)34(44)36(37)46)38-31(41)26-28(39)24-22-20-18-16-14-12-10-8-6-4-2/h12,14,23,25,28-30,32-37,39-40,42-46H,3-11,13,15-22,24,26-27H2,1-2H3,(H,38,41)(H,47,48)/b14-12-,25-23+. The van der Waals surface area contributed by atoms with Crippen LogP contribution in [0.15, 0.2) is 24.3 Å². The number of allylic oxidation sites excluding steroid dienone is 3. The summed E-state index contributed by atoms with van der Waals surface area (Å²) in [5.41, 5.74) is 0. The van der Waals surface area contributed by atoms with Crippen molar-refractivity contribution in [3.63, 3.8) is 0 Å². The molecule has 0 radical (unpaired) electrons. The average molecular weight is 752 g/mol. The van der Waals surface area contributed by atoms with Gasteiger partial charge < -0.3 is 46.0 Å². The van der Waals surface area contributed by atoms with E-state index in [1.807, 2.05) is 0 Å². The Hall–Kier alpha value is -1.22. The van der Waals surface area contributed by atoms with Crippen LogP contribution in [0.25, 0.3) is 0 Å². The second-order valence-corrected chi connectivity index (χ2v) is 15.4. The Bertz CT molecular complexity index is 985. The number of aliphatic hydroxyl groups excluding tert-OH is 7. The number of hydrogen-bond acceptors (Lipinski definition) is 11. The molecule has 0 aliphatic heterocycles. The number of aliphatic hydroxyl groups is 7. The van der Waals surface area contributed by atoms with E-state index >= 15 is 0 Å². The van der Waals surface area contributed by atoms with Gasteiger partial charge >= 0.3 is 7.82 Å². The van der Waals surface area contributed by atoms with Crippen LogP contribution in [0.1, 0.15) is 142 Å². The molecule has 1 amide bonds. The minimum Gasteiger partial charge on any atom is -0.393 e. The lowest BCUT2D eigenvalue weighted by Crippen LogP contribution is -2.64. The van der Waals surface area contributed by atoms with Gasteiger partial charge in [-0.1, -0.05) is 115 Å². The third-order valence-electron chi connectivity index (χ3n) is 9.28. The summed E-state index contributed by atoms with van der Waals surface area (Å²) in [5, 5.41) is 73.9. The van der Waals surface area contributed by atoms with Crippen LogP contribution in [-0.4, -0.2) is 108 Å². The van der Waals surface area contributed by atoms with Crippen LogP contribution in [0.2, 0.25) is 0 Å². The van der Waals surface area contributed by atoms with Gasteiger partial charge in [-0.05, 0) is 44.9 Å². The Morgan fingerprint density at radius 1 is 0.686 bits per heavy atom. The molecule has 8 atom stereocenters. The van der Waals surface area contributed by atoms with Gasteiger partial charge in [0.15, 0.2) is 0 Å². The first-order valence-corrected chi connectivity index (χ1v) is 20.9. The first-order chi connectivity index (χ1) is 24.3. The molecule has 9 N–H and O–H groups in total. The molecular formula is C37H70NO12P. The van der Waals surface area contributed by atoms with E-state index in [2.05, 4.69) is 31.3 Å². The van der Waals surface area contributed by atoms with Crippen molar-refractivity contribution in [2.24, 2.45) is 0 Å². The van der Waals surface area contributed by atoms with Crippen molar-refractivity contribution >= 4 is 13.7 Å². The highest BCUT2D eigenvalue weighted by atomic mass is 31.2. The van der Waals surface area contributed by atoms with Gasteiger partial charge in [-0.2, -0.15) is 0 Å². The van der Waals surface area contributed by atoms with E-state index in [0.717, 1.165) is 51.4 Å². The lowest BCUT2D eigenvalue weighted by molar-refractivity contribution is -0.220. The summed E-state index contributed by atoms with van der Waals surface area (Å²) < 4.78 is 22.7. The minimum absolute atomic E-state index is 0.255. The highest BCUT2D eigenvalue weighted by Crippen LogP contribution is 2.47. The van der Waals surface area contributed by atoms with E-state index in [1.165, 1.54) is 63.9 Å². The maximum atomic E-state index is 12.9. The third-order valence-corrected chi connectivity index (χ3v) is 10.3. The highest BCUT2D eigenvalue weighted by molar-refractivity contribution is 7.47. The smallest absolute Gasteiger partial charge is 0.393 e. The topological polar surface area (TPSA) is 226 Å². The van der Waals surface area contributed by atoms with Gasteiger partial charge in [0.05, 0.1) is 31.3 Å². The lowest BCUT2D eigenvalue weighted by Gasteiger charge is -2.41. The van der Waals surface area contributed by atoms with Crippen LogP contribution in [0, 0.1) is 0 Å². The number of nitrogens with one attached hydrogen (secondary N) is 1. The summed E-state index contributed by atoms with van der Waals surface area (Å²) in [5.74, 6) is -0.607. The number of rotatable bonds is 30. The second kappa shape index (κ2) is 28.3. The maximum Gasteiger partial charge on any atom is 0.472 e. The Kier molecular flexibility index (Phi) is 26.5. The molecule has 0 aromatic heterocycles. The zero-order valence-corrected chi connectivity index (χ0v) is 31.9. The number of unbranched alkanes of at least 4 members (excludes halogenated alkanes) is 15. The van der Waals surface area contributed by atoms with Crippen molar-refractivity contribution in [2.75, 3.05) is 6.61 Å². The number of carbonyl (C=O) groups excluding carboxylic acids is 1. The minimum atomic E-state index is -5.13. The van der Waals surface area contributed by atoms with Crippen LogP contribution < -0.4 is 5.32 Å². The fraction of sp³-hybridized carbons (Fsp3) is 0.865. The molecule has 0 heterocycles. The van der Waals surface area contributed by atoms with Crippen LogP contribution >= 0.6 is 7.82 Å². The molecular weight excluding hydrogens is 681 g/mol. The summed E-state index contributed by atoms with van der Waals surface area (Å²) in [6.07, 6.45) is 13.0. The molecule has 8 unspecified atom stereocenters. The Labute approximate surface area is 305 Å². The molecule has 1 rings (SSSR count). The highest BCUT2D eigenvalue weighted by Gasteiger charge is 2.51. The van der Waals surface area contributed by atoms with Crippen molar-refractivity contribution in [1.29, 1.82) is 0 Å². The normalized spacial score (nSPS) is 25.6. The fourth-order valence-electron chi connectivity index (χ4n) is 6.00. The summed E-state index contributed by atoms with van der Waals surface area (Å²) in [4.78, 5) is 23.2. The predicted molar refractivity (Wildman–Crippen MR) is 197 cm³/mol. The van der Waals surface area contributed by atoms with Gasteiger partial charge in [0, 0.05) is 0 Å². The first-order valence-electron chi connectivity index (χ1n) is 19.4. The van der Waals surface area contributed by atoms with Crippen LogP contribution in [0.3, 0.4) is 0 Å². The van der Waals surface area contributed by atoms with Crippen LogP contribution in [0.4, 0.5) is 0 Å². The number of hydrogen-bond donors (Lipinski definition) is 9. The maximum absolute atomic E-state index is 12.9. The SMILES string of the molecule is CCCCC/C=C\CCCCCC(O)CC(=O)NC(COP(=O)(O)OC1C(O)C(O)C(O)C(O)C1O)C(O)/C=C/CCCCCCCCCCC. The summed E-state index contributed by atoms with van der Waals surface area (Å²) in [7, 11) is -5.13. The molecule has 0 bridgehead atoms. The Morgan fingerprint density at radius 3 is 1.71 bits per heavy atom. The van der Waals surface area contributed by atoms with E-state index in [-0.39, 0.29) is 6.42 Å². The van der Waals surface area contributed by atoms with Gasteiger partial charge in [0.25, 0.3) is 0 Å². The molecule has 0 spiro atoms. The van der Waals surface area contributed by atoms with Crippen molar-refractivity contribution < 1.29 is 59.0 Å². The van der Waals surface area contributed by atoms with Gasteiger partial charge in [-0.25, -0.2) is 4.57 Å². The summed E-state index contributed by atoms with van der Waals surface area (Å²) in [6, 6.07) is -1.24. The molecule has 0 aromatic rings. The van der Waals surface area contributed by atoms with E-state index in [1.54, 1.807) is 6.08 Å². The van der Waals surface area contributed by atoms with Gasteiger partial charge in [0.2, 0.25) is 5.91 Å². The van der Waals surface area contributed by atoms with Crippen molar-refractivity contribution in [2.45, 2.75) is 197 Å².